The van der Waals surface area contributed by atoms with Crippen LogP contribution in [0, 0.1) is 0 Å². The van der Waals surface area contributed by atoms with Crippen molar-refractivity contribution in [3.8, 4) is 0 Å². The molecule has 0 unspecified atom stereocenters. The molecule has 7 nitrogen and oxygen atoms in total. The molecule has 0 fully saturated rings. The summed E-state index contributed by atoms with van der Waals surface area (Å²) in [6.45, 7) is 2.71. The van der Waals surface area contributed by atoms with Crippen molar-refractivity contribution in [2.75, 3.05) is 17.2 Å². The molecule has 0 atom stereocenters. The van der Waals surface area contributed by atoms with Gasteiger partial charge in [0.05, 0.1) is 18.1 Å². The lowest BCUT2D eigenvalue weighted by Crippen LogP contribution is -2.28. The Labute approximate surface area is 138 Å². The lowest BCUT2D eigenvalue weighted by Gasteiger charge is -2.09. The predicted octanol–water partition coefficient (Wildman–Crippen LogP) is 2.47. The first-order chi connectivity index (χ1) is 11.2. The molecule has 3 rings (SSSR count). The fourth-order valence-electron chi connectivity index (χ4n) is 1.93. The van der Waals surface area contributed by atoms with Gasteiger partial charge in [0.2, 0.25) is 0 Å². The van der Waals surface area contributed by atoms with Crippen LogP contribution in [0.25, 0.3) is 11.2 Å². The van der Waals surface area contributed by atoms with Crippen molar-refractivity contribution in [3.63, 3.8) is 0 Å². The molecule has 3 aromatic rings. The molecule has 8 heteroatoms. The summed E-state index contributed by atoms with van der Waals surface area (Å²) in [5.41, 5.74) is 2.10. The van der Waals surface area contributed by atoms with Gasteiger partial charge in [0, 0.05) is 12.7 Å². The second-order valence-corrected chi connectivity index (χ2v) is 5.05. The van der Waals surface area contributed by atoms with Crippen molar-refractivity contribution in [3.05, 3.63) is 42.9 Å². The molecule has 0 spiro atoms. The summed E-state index contributed by atoms with van der Waals surface area (Å²) in [4.78, 5) is 17.3. The fraction of sp³-hybridized carbons (Fsp3) is 0.133. The van der Waals surface area contributed by atoms with E-state index in [0.717, 1.165) is 12.2 Å². The van der Waals surface area contributed by atoms with Gasteiger partial charge in [0.25, 0.3) is 0 Å². The molecule has 0 saturated carbocycles. The minimum atomic E-state index is 0.505. The standard InChI is InChI=1S/C15H15N7S/c1-2-17-15(23)22-13-9-18-11-5-6-12(20-14(11)21-13)19-10-4-3-7-16-8-10/h3-9H,2H2,1H3,(H3,17,19,20,21,22,23). The van der Waals surface area contributed by atoms with E-state index in [0.29, 0.717) is 27.9 Å². The second-order valence-electron chi connectivity index (χ2n) is 4.65. The fourth-order valence-corrected chi connectivity index (χ4v) is 2.18. The van der Waals surface area contributed by atoms with Gasteiger partial charge < -0.3 is 16.0 Å². The van der Waals surface area contributed by atoms with Crippen molar-refractivity contribution in [2.45, 2.75) is 6.92 Å². The maximum Gasteiger partial charge on any atom is 0.182 e. The molecule has 3 aromatic heterocycles. The van der Waals surface area contributed by atoms with Crippen LogP contribution >= 0.6 is 12.2 Å². The Balaban J connectivity index is 1.84. The van der Waals surface area contributed by atoms with Crippen LogP contribution in [-0.4, -0.2) is 31.6 Å². The third-order valence-corrected chi connectivity index (χ3v) is 3.17. The van der Waals surface area contributed by atoms with E-state index >= 15 is 0 Å². The smallest absolute Gasteiger partial charge is 0.182 e. The maximum atomic E-state index is 5.14. The Morgan fingerprint density at radius 2 is 2.00 bits per heavy atom. The highest BCUT2D eigenvalue weighted by atomic mass is 32.1. The first kappa shape index (κ1) is 15.0. The van der Waals surface area contributed by atoms with Gasteiger partial charge in [-0.25, -0.2) is 15.0 Å². The van der Waals surface area contributed by atoms with Crippen LogP contribution in [0.4, 0.5) is 17.3 Å². The summed E-state index contributed by atoms with van der Waals surface area (Å²) in [6, 6.07) is 7.48. The van der Waals surface area contributed by atoms with Gasteiger partial charge in [0.15, 0.2) is 16.6 Å². The summed E-state index contributed by atoms with van der Waals surface area (Å²) in [7, 11) is 0. The van der Waals surface area contributed by atoms with Crippen LogP contribution in [0.15, 0.2) is 42.9 Å². The summed E-state index contributed by atoms with van der Waals surface area (Å²) >= 11 is 5.14. The van der Waals surface area contributed by atoms with E-state index in [1.165, 1.54) is 0 Å². The topological polar surface area (TPSA) is 87.7 Å². The number of fused-ring (bicyclic) bond motifs is 1. The number of rotatable bonds is 4. The molecule has 23 heavy (non-hydrogen) atoms. The van der Waals surface area contributed by atoms with Crippen LogP contribution in [-0.2, 0) is 0 Å². The summed E-state index contributed by atoms with van der Waals surface area (Å²) in [5.74, 6) is 1.22. The molecule has 0 radical (unpaired) electrons. The van der Waals surface area contributed by atoms with Crippen LogP contribution in [0.2, 0.25) is 0 Å². The van der Waals surface area contributed by atoms with Gasteiger partial charge in [-0.15, -0.1) is 0 Å². The van der Waals surface area contributed by atoms with E-state index in [4.69, 9.17) is 12.2 Å². The number of hydrogen-bond acceptors (Lipinski definition) is 6. The van der Waals surface area contributed by atoms with E-state index in [1.54, 1.807) is 18.6 Å². The molecule has 0 bridgehead atoms. The van der Waals surface area contributed by atoms with E-state index in [9.17, 15) is 0 Å². The third kappa shape index (κ3) is 3.86. The van der Waals surface area contributed by atoms with E-state index in [2.05, 4.69) is 35.9 Å². The number of nitrogens with zero attached hydrogens (tertiary/aromatic N) is 4. The molecule has 0 aliphatic carbocycles. The number of pyridine rings is 2. The minimum Gasteiger partial charge on any atom is -0.363 e. The Hall–Kier alpha value is -2.87. The zero-order chi connectivity index (χ0) is 16.1. The SMILES string of the molecule is CCNC(=S)Nc1cnc2ccc(Nc3cccnc3)nc2n1. The zero-order valence-corrected chi connectivity index (χ0v) is 13.3. The molecule has 0 aliphatic heterocycles. The number of anilines is 3. The number of hydrogen-bond donors (Lipinski definition) is 3. The lowest BCUT2D eigenvalue weighted by molar-refractivity contribution is 0.978. The number of aromatic nitrogens is 4. The second kappa shape index (κ2) is 6.93. The van der Waals surface area contributed by atoms with Gasteiger partial charge in [-0.2, -0.15) is 0 Å². The van der Waals surface area contributed by atoms with Crippen molar-refractivity contribution in [2.24, 2.45) is 0 Å². The summed E-state index contributed by atoms with van der Waals surface area (Å²) in [5, 5.41) is 9.66. The molecule has 3 heterocycles. The summed E-state index contributed by atoms with van der Waals surface area (Å²) in [6.07, 6.45) is 5.07. The minimum absolute atomic E-state index is 0.505. The van der Waals surface area contributed by atoms with Crippen LogP contribution in [0.3, 0.4) is 0 Å². The zero-order valence-electron chi connectivity index (χ0n) is 12.4. The first-order valence-electron chi connectivity index (χ1n) is 7.10. The number of thiocarbonyl (C=S) groups is 1. The molecule has 116 valence electrons. The molecule has 0 saturated heterocycles. The average Bonchev–Trinajstić information content (AvgIpc) is 2.56. The maximum absolute atomic E-state index is 5.14. The normalized spacial score (nSPS) is 10.3. The highest BCUT2D eigenvalue weighted by Crippen LogP contribution is 2.17. The van der Waals surface area contributed by atoms with Crippen LogP contribution in [0.1, 0.15) is 6.92 Å². The van der Waals surface area contributed by atoms with Crippen molar-refractivity contribution in [1.82, 2.24) is 25.3 Å². The average molecular weight is 325 g/mol. The molecule has 0 amide bonds. The summed E-state index contributed by atoms with van der Waals surface area (Å²) < 4.78 is 0. The number of nitrogens with one attached hydrogen (secondary N) is 3. The van der Waals surface area contributed by atoms with Crippen molar-refractivity contribution < 1.29 is 0 Å². The Bertz CT molecular complexity index is 822. The molecule has 0 aliphatic rings. The largest absolute Gasteiger partial charge is 0.363 e. The molecule has 3 N–H and O–H groups in total. The van der Waals surface area contributed by atoms with Gasteiger partial charge in [0.1, 0.15) is 11.3 Å². The third-order valence-electron chi connectivity index (χ3n) is 2.92. The predicted molar refractivity (Wildman–Crippen MR) is 94.8 cm³/mol. The highest BCUT2D eigenvalue weighted by Gasteiger charge is 2.04. The Morgan fingerprint density at radius 1 is 1.13 bits per heavy atom. The Kier molecular flexibility index (Phi) is 4.53. The monoisotopic (exact) mass is 325 g/mol. The Morgan fingerprint density at radius 3 is 2.78 bits per heavy atom. The highest BCUT2D eigenvalue weighted by molar-refractivity contribution is 7.80. The van der Waals surface area contributed by atoms with Crippen molar-refractivity contribution >= 4 is 45.8 Å². The molecule has 0 aromatic carbocycles. The quantitative estimate of drug-likeness (QED) is 0.631. The van der Waals surface area contributed by atoms with Crippen LogP contribution < -0.4 is 16.0 Å². The lowest BCUT2D eigenvalue weighted by atomic mass is 10.3. The van der Waals surface area contributed by atoms with Crippen LogP contribution in [0.5, 0.6) is 0 Å². The van der Waals surface area contributed by atoms with Gasteiger partial charge in [-0.05, 0) is 43.4 Å². The van der Waals surface area contributed by atoms with Gasteiger partial charge in [-0.1, -0.05) is 0 Å². The first-order valence-corrected chi connectivity index (χ1v) is 7.51. The molecular weight excluding hydrogens is 310 g/mol. The van der Waals surface area contributed by atoms with E-state index in [1.807, 2.05) is 31.2 Å². The van der Waals surface area contributed by atoms with E-state index < -0.39 is 0 Å². The van der Waals surface area contributed by atoms with Crippen molar-refractivity contribution in [1.29, 1.82) is 0 Å². The van der Waals surface area contributed by atoms with Gasteiger partial charge >= 0.3 is 0 Å². The molecular formula is C15H15N7S. The van der Waals surface area contributed by atoms with Gasteiger partial charge in [-0.3, -0.25) is 4.98 Å². The van der Waals surface area contributed by atoms with E-state index in [-0.39, 0.29) is 0 Å².